The molecule has 2 N–H and O–H groups in total. The van der Waals surface area contributed by atoms with Crippen molar-refractivity contribution in [3.63, 3.8) is 0 Å². The molecule has 2 aromatic heterocycles. The van der Waals surface area contributed by atoms with Gasteiger partial charge in [-0.1, -0.05) is 24.3 Å². The van der Waals surface area contributed by atoms with Crippen molar-refractivity contribution >= 4 is 36.7 Å². The van der Waals surface area contributed by atoms with Crippen LogP contribution in [0.25, 0.3) is 10.2 Å². The van der Waals surface area contributed by atoms with Gasteiger partial charge in [-0.05, 0) is 31.0 Å². The molecular formula is C18H21FN6O2S2. The summed E-state index contributed by atoms with van der Waals surface area (Å²) in [7, 11) is -1.89. The van der Waals surface area contributed by atoms with Gasteiger partial charge in [-0.25, -0.2) is 22.5 Å². The van der Waals surface area contributed by atoms with E-state index in [4.69, 9.17) is 0 Å². The van der Waals surface area contributed by atoms with Crippen LogP contribution < -0.4 is 10.0 Å². The van der Waals surface area contributed by atoms with E-state index in [0.717, 1.165) is 23.4 Å². The van der Waals surface area contributed by atoms with Crippen molar-refractivity contribution in [2.75, 3.05) is 11.9 Å². The Morgan fingerprint density at radius 2 is 2.17 bits per heavy atom. The summed E-state index contributed by atoms with van der Waals surface area (Å²) in [5.74, 6) is 1.40. The molecule has 1 aliphatic carbocycles. The maximum Gasteiger partial charge on any atom is 0.241 e. The van der Waals surface area contributed by atoms with Crippen molar-refractivity contribution in [2.45, 2.75) is 36.6 Å². The molecule has 2 heterocycles. The zero-order valence-electron chi connectivity index (χ0n) is 15.9. The molecule has 1 fully saturated rings. The Balaban J connectivity index is 1.48. The predicted molar refractivity (Wildman–Crippen MR) is 110 cm³/mol. The van der Waals surface area contributed by atoms with E-state index >= 15 is 0 Å². The molecule has 8 nitrogen and oxygen atoms in total. The third-order valence-corrected chi connectivity index (χ3v) is 7.38. The second-order valence-electron chi connectivity index (χ2n) is 7.01. The van der Waals surface area contributed by atoms with E-state index in [-0.39, 0.29) is 18.0 Å². The van der Waals surface area contributed by atoms with Crippen LogP contribution in [0.2, 0.25) is 0 Å². The average Bonchev–Trinajstić information content (AvgIpc) is 3.20. The molecular weight excluding hydrogens is 415 g/mol. The highest BCUT2D eigenvalue weighted by atomic mass is 32.2. The lowest BCUT2D eigenvalue weighted by Crippen LogP contribution is -2.25. The Hall–Kier alpha value is -2.37. The van der Waals surface area contributed by atoms with Crippen LogP contribution in [-0.4, -0.2) is 34.7 Å². The van der Waals surface area contributed by atoms with E-state index in [2.05, 4.69) is 31.8 Å². The minimum absolute atomic E-state index is 0.0346. The van der Waals surface area contributed by atoms with Crippen molar-refractivity contribution in [1.82, 2.24) is 24.5 Å². The highest BCUT2D eigenvalue weighted by molar-refractivity contribution is 7.89. The second kappa shape index (κ2) is 7.81. The first-order valence-corrected chi connectivity index (χ1v) is 11.5. The molecule has 0 saturated heterocycles. The largest absolute Gasteiger partial charge is 0.355 e. The fourth-order valence-electron chi connectivity index (χ4n) is 3.12. The number of nitrogens with one attached hydrogen (secondary N) is 2. The van der Waals surface area contributed by atoms with Gasteiger partial charge < -0.3 is 9.88 Å². The highest BCUT2D eigenvalue weighted by Crippen LogP contribution is 2.35. The fraction of sp³-hybridized carbons (Fsp3) is 0.389. The molecule has 3 aromatic rings. The van der Waals surface area contributed by atoms with Crippen LogP contribution in [0, 0.1) is 0 Å². The van der Waals surface area contributed by atoms with Gasteiger partial charge in [0.25, 0.3) is 0 Å². The van der Waals surface area contributed by atoms with Crippen molar-refractivity contribution in [3.8, 4) is 0 Å². The van der Waals surface area contributed by atoms with Gasteiger partial charge in [0.1, 0.15) is 17.5 Å². The van der Waals surface area contributed by atoms with E-state index < -0.39 is 15.9 Å². The number of aromatic nitrogens is 4. The van der Waals surface area contributed by atoms with E-state index in [0.29, 0.717) is 22.4 Å². The number of thiazole rings is 1. The third-order valence-electron chi connectivity index (χ3n) is 4.99. The maximum atomic E-state index is 12.8. The number of rotatable bonds is 8. The lowest BCUT2D eigenvalue weighted by molar-refractivity contribution is 0.391. The summed E-state index contributed by atoms with van der Waals surface area (Å²) in [5, 5.41) is 11.7. The highest BCUT2D eigenvalue weighted by Gasteiger charge is 2.25. The van der Waals surface area contributed by atoms with Crippen LogP contribution >= 0.6 is 11.3 Å². The summed E-state index contributed by atoms with van der Waals surface area (Å²) in [6.45, 7) is 3.21. The number of hydrogen-bond acceptors (Lipinski definition) is 7. The first kappa shape index (κ1) is 19.9. The van der Waals surface area contributed by atoms with Gasteiger partial charge in [-0.3, -0.25) is 0 Å². The first-order valence-electron chi connectivity index (χ1n) is 9.19. The van der Waals surface area contributed by atoms with E-state index in [1.807, 2.05) is 11.6 Å². The van der Waals surface area contributed by atoms with Gasteiger partial charge in [0.05, 0.1) is 28.2 Å². The molecule has 0 radical (unpaired) electrons. The quantitative estimate of drug-likeness (QED) is 0.563. The Morgan fingerprint density at radius 1 is 1.38 bits per heavy atom. The Labute approximate surface area is 171 Å². The topological polar surface area (TPSA) is 102 Å². The van der Waals surface area contributed by atoms with E-state index in [1.165, 1.54) is 29.9 Å². The van der Waals surface area contributed by atoms with Crippen LogP contribution in [0.1, 0.15) is 36.8 Å². The van der Waals surface area contributed by atoms with Gasteiger partial charge in [-0.15, -0.1) is 10.2 Å². The number of fused-ring (bicyclic) bond motifs is 1. The normalized spacial score (nSPS) is 14.8. The molecule has 0 spiro atoms. The minimum Gasteiger partial charge on any atom is -0.355 e. The summed E-state index contributed by atoms with van der Waals surface area (Å²) in [6, 6.07) is 4.71. The Bertz CT molecular complexity index is 1170. The van der Waals surface area contributed by atoms with Crippen LogP contribution in [-0.2, 0) is 23.6 Å². The minimum atomic E-state index is -3.75. The number of halogens is 1. The molecule has 11 heteroatoms. The van der Waals surface area contributed by atoms with Crippen molar-refractivity contribution < 1.29 is 12.8 Å². The monoisotopic (exact) mass is 436 g/mol. The van der Waals surface area contributed by atoms with Gasteiger partial charge >= 0.3 is 0 Å². The van der Waals surface area contributed by atoms with Crippen molar-refractivity contribution in [3.05, 3.63) is 42.3 Å². The molecule has 0 aliphatic heterocycles. The van der Waals surface area contributed by atoms with E-state index in [1.54, 1.807) is 6.07 Å². The zero-order valence-corrected chi connectivity index (χ0v) is 17.5. The van der Waals surface area contributed by atoms with Gasteiger partial charge in [-0.2, -0.15) is 0 Å². The third kappa shape index (κ3) is 4.16. The van der Waals surface area contributed by atoms with Crippen LogP contribution in [0.5, 0.6) is 0 Å². The first-order chi connectivity index (χ1) is 13.8. The van der Waals surface area contributed by atoms with Gasteiger partial charge in [0.15, 0.2) is 5.13 Å². The van der Waals surface area contributed by atoms with Gasteiger partial charge in [0.2, 0.25) is 10.0 Å². The molecule has 0 bridgehead atoms. The molecule has 1 aliphatic rings. The zero-order chi connectivity index (χ0) is 20.6. The summed E-state index contributed by atoms with van der Waals surface area (Å²) in [6.07, 6.45) is 3.39. The summed E-state index contributed by atoms with van der Waals surface area (Å²) in [5.41, 5.74) is 0.524. The number of benzene rings is 1. The van der Waals surface area contributed by atoms with Crippen molar-refractivity contribution in [1.29, 1.82) is 0 Å². The summed E-state index contributed by atoms with van der Waals surface area (Å²) in [4.78, 5) is 4.42. The van der Waals surface area contributed by atoms with Crippen LogP contribution in [0.4, 0.5) is 9.52 Å². The molecule has 0 unspecified atom stereocenters. The van der Waals surface area contributed by atoms with Gasteiger partial charge in [0, 0.05) is 13.0 Å². The molecule has 0 atom stereocenters. The fourth-order valence-corrected chi connectivity index (χ4v) is 4.96. The lowest BCUT2D eigenvalue weighted by Gasteiger charge is -2.24. The SMILES string of the molecule is C=C(F)CNc1nc2cc(S(=O)(=O)NCc3nnc(C4CCC4)n3C)ccc2s1. The van der Waals surface area contributed by atoms with Crippen LogP contribution in [0.15, 0.2) is 35.5 Å². The molecule has 29 heavy (non-hydrogen) atoms. The second-order valence-corrected chi connectivity index (χ2v) is 9.80. The smallest absolute Gasteiger partial charge is 0.241 e. The standard InChI is InChI=1S/C18H21FN6O2S2/c1-11(19)9-20-18-22-14-8-13(6-7-15(14)28-18)29(26,27)21-10-16-23-24-17(25(16)2)12-4-3-5-12/h6-8,12,21H,1,3-5,9-10H2,2H3,(H,20,22). The lowest BCUT2D eigenvalue weighted by atomic mass is 9.85. The molecule has 154 valence electrons. The van der Waals surface area contributed by atoms with Crippen LogP contribution in [0.3, 0.4) is 0 Å². The number of sulfonamides is 1. The summed E-state index contributed by atoms with van der Waals surface area (Å²) >= 11 is 1.32. The van der Waals surface area contributed by atoms with E-state index in [9.17, 15) is 12.8 Å². The van der Waals surface area contributed by atoms with Crippen molar-refractivity contribution in [2.24, 2.45) is 7.05 Å². The molecule has 0 amide bonds. The summed E-state index contributed by atoms with van der Waals surface area (Å²) < 4.78 is 43.5. The number of hydrogen-bond donors (Lipinski definition) is 2. The molecule has 1 aromatic carbocycles. The molecule has 1 saturated carbocycles. The number of anilines is 1. The average molecular weight is 437 g/mol. The Morgan fingerprint density at radius 3 is 2.86 bits per heavy atom. The molecule has 4 rings (SSSR count). The number of nitrogens with zero attached hydrogens (tertiary/aromatic N) is 4. The maximum absolute atomic E-state index is 12.8. The predicted octanol–water partition coefficient (Wildman–Crippen LogP) is 3.07. The Kier molecular flexibility index (Phi) is 5.36.